The Morgan fingerprint density at radius 1 is 1.18 bits per heavy atom. The van der Waals surface area contributed by atoms with E-state index in [1.807, 2.05) is 13.8 Å². The van der Waals surface area contributed by atoms with Crippen molar-refractivity contribution >= 4 is 38.4 Å². The van der Waals surface area contributed by atoms with Crippen LogP contribution in [0.3, 0.4) is 0 Å². The molecule has 1 N–H and O–H groups in total. The summed E-state index contributed by atoms with van der Waals surface area (Å²) < 4.78 is 25.2. The molecule has 0 aliphatic rings. The van der Waals surface area contributed by atoms with Crippen LogP contribution >= 0.6 is 11.6 Å². The van der Waals surface area contributed by atoms with Crippen LogP contribution in [0.2, 0.25) is 5.28 Å². The first-order chi connectivity index (χ1) is 13.2. The minimum Gasteiger partial charge on any atom is -0.360 e. The van der Waals surface area contributed by atoms with E-state index in [1.54, 1.807) is 13.0 Å². The maximum atomic E-state index is 12.8. The molecule has 3 heterocycles. The maximum Gasteiger partial charge on any atom is 0.295 e. The Balaban J connectivity index is 1.92. The lowest BCUT2D eigenvalue weighted by Gasteiger charge is -2.15. The molecule has 3 aromatic rings. The normalized spacial score (nSPS) is 11.9. The molecule has 3 rings (SSSR count). The van der Waals surface area contributed by atoms with Gasteiger partial charge in [-0.15, -0.1) is 0 Å². The quantitative estimate of drug-likeness (QED) is 0.600. The maximum absolute atomic E-state index is 12.8. The molecule has 0 spiro atoms. The fraction of sp³-hybridized carbons (Fsp3) is 0.353. The van der Waals surface area contributed by atoms with Gasteiger partial charge in [0.2, 0.25) is 5.28 Å². The molecule has 0 aliphatic heterocycles. The second-order valence-corrected chi connectivity index (χ2v) is 8.94. The number of hydrogen-bond acceptors (Lipinski definition) is 8. The number of halogens is 1. The molecule has 9 nitrogen and oxygen atoms in total. The van der Waals surface area contributed by atoms with Gasteiger partial charge in [0.15, 0.2) is 21.3 Å². The van der Waals surface area contributed by atoms with Gasteiger partial charge in [0.1, 0.15) is 5.52 Å². The van der Waals surface area contributed by atoms with Crippen LogP contribution < -0.4 is 10.9 Å². The number of sulfone groups is 1. The van der Waals surface area contributed by atoms with E-state index in [-0.39, 0.29) is 39.9 Å². The largest absolute Gasteiger partial charge is 0.360 e. The van der Waals surface area contributed by atoms with Crippen LogP contribution in [-0.4, -0.2) is 38.7 Å². The molecule has 3 aromatic heterocycles. The zero-order valence-electron chi connectivity index (χ0n) is 15.5. The lowest BCUT2D eigenvalue weighted by Crippen LogP contribution is -2.27. The third kappa shape index (κ3) is 3.97. The number of aromatic nitrogens is 5. The molecular weight excluding hydrogens is 404 g/mol. The molecule has 0 bridgehead atoms. The van der Waals surface area contributed by atoms with E-state index in [9.17, 15) is 13.2 Å². The molecule has 0 amide bonds. The topological polar surface area (TPSA) is 120 Å². The van der Waals surface area contributed by atoms with Crippen LogP contribution in [0.15, 0.2) is 34.2 Å². The first-order valence-electron chi connectivity index (χ1n) is 8.59. The minimum atomic E-state index is -3.31. The first kappa shape index (κ1) is 20.2. The third-order valence-corrected chi connectivity index (χ3v) is 5.99. The SMILES string of the molecule is CCS(=O)(=O)c1ccc(CNc2nc3cnc(Cl)nc3n(C(C)C)c2=O)nc1. The number of fused-ring (bicyclic) bond motifs is 1. The Morgan fingerprint density at radius 3 is 2.54 bits per heavy atom. The van der Waals surface area contributed by atoms with Crippen LogP contribution in [0.4, 0.5) is 5.82 Å². The molecule has 0 aliphatic carbocycles. The molecule has 0 saturated carbocycles. The van der Waals surface area contributed by atoms with Gasteiger partial charge in [0.05, 0.1) is 29.1 Å². The molecule has 0 atom stereocenters. The molecule has 0 radical (unpaired) electrons. The number of nitrogens with zero attached hydrogens (tertiary/aromatic N) is 5. The van der Waals surface area contributed by atoms with Gasteiger partial charge in [-0.05, 0) is 37.6 Å². The summed E-state index contributed by atoms with van der Waals surface area (Å²) in [6, 6.07) is 2.93. The van der Waals surface area contributed by atoms with Crippen LogP contribution in [0, 0.1) is 0 Å². The zero-order chi connectivity index (χ0) is 20.5. The van der Waals surface area contributed by atoms with E-state index in [0.717, 1.165) is 0 Å². The van der Waals surface area contributed by atoms with Crippen molar-refractivity contribution in [1.29, 1.82) is 0 Å². The average molecular weight is 423 g/mol. The van der Waals surface area contributed by atoms with Gasteiger partial charge < -0.3 is 5.32 Å². The van der Waals surface area contributed by atoms with Gasteiger partial charge in [0, 0.05) is 12.2 Å². The van der Waals surface area contributed by atoms with E-state index in [2.05, 4.69) is 25.3 Å². The summed E-state index contributed by atoms with van der Waals surface area (Å²) in [5.74, 6) is 0.132. The summed E-state index contributed by atoms with van der Waals surface area (Å²) in [7, 11) is -3.31. The van der Waals surface area contributed by atoms with Crippen molar-refractivity contribution < 1.29 is 8.42 Å². The number of rotatable bonds is 6. The van der Waals surface area contributed by atoms with E-state index >= 15 is 0 Å². The van der Waals surface area contributed by atoms with Crippen LogP contribution in [0.5, 0.6) is 0 Å². The van der Waals surface area contributed by atoms with Gasteiger partial charge in [0.25, 0.3) is 5.56 Å². The summed E-state index contributed by atoms with van der Waals surface area (Å²) in [6.45, 7) is 5.49. The zero-order valence-corrected chi connectivity index (χ0v) is 17.1. The van der Waals surface area contributed by atoms with E-state index in [0.29, 0.717) is 16.9 Å². The molecule has 0 aromatic carbocycles. The Hall–Kier alpha value is -2.59. The van der Waals surface area contributed by atoms with E-state index in [1.165, 1.54) is 23.0 Å². The summed E-state index contributed by atoms with van der Waals surface area (Å²) in [5, 5.41) is 3.00. The Kier molecular flexibility index (Phi) is 5.61. The van der Waals surface area contributed by atoms with Crippen LogP contribution in [-0.2, 0) is 16.4 Å². The molecule has 28 heavy (non-hydrogen) atoms. The van der Waals surface area contributed by atoms with E-state index in [4.69, 9.17) is 11.6 Å². The lowest BCUT2D eigenvalue weighted by atomic mass is 10.3. The van der Waals surface area contributed by atoms with Gasteiger partial charge in [-0.25, -0.2) is 18.4 Å². The van der Waals surface area contributed by atoms with Crippen molar-refractivity contribution in [3.8, 4) is 0 Å². The molecule has 11 heteroatoms. The van der Waals surface area contributed by atoms with Gasteiger partial charge in [-0.2, -0.15) is 4.98 Å². The number of anilines is 1. The van der Waals surface area contributed by atoms with E-state index < -0.39 is 9.84 Å². The Labute approximate surface area is 166 Å². The van der Waals surface area contributed by atoms with Gasteiger partial charge in [-0.3, -0.25) is 14.3 Å². The highest BCUT2D eigenvalue weighted by Gasteiger charge is 2.16. The molecular formula is C17H19ClN6O3S. The van der Waals surface area contributed by atoms with Gasteiger partial charge in [-0.1, -0.05) is 6.92 Å². The van der Waals surface area contributed by atoms with Crippen LogP contribution in [0.25, 0.3) is 11.2 Å². The number of hydrogen-bond donors (Lipinski definition) is 1. The molecule has 148 valence electrons. The summed E-state index contributed by atoms with van der Waals surface area (Å²) in [6.07, 6.45) is 2.77. The fourth-order valence-electron chi connectivity index (χ4n) is 2.62. The Bertz CT molecular complexity index is 1180. The van der Waals surface area contributed by atoms with Crippen molar-refractivity contribution in [3.63, 3.8) is 0 Å². The minimum absolute atomic E-state index is 0.00805. The predicted octanol–water partition coefficient (Wildman–Crippen LogP) is 2.22. The van der Waals surface area contributed by atoms with Crippen molar-refractivity contribution in [2.45, 2.75) is 38.3 Å². The summed E-state index contributed by atoms with van der Waals surface area (Å²) in [4.78, 5) is 29.5. The number of nitrogens with one attached hydrogen (secondary N) is 1. The van der Waals surface area contributed by atoms with Gasteiger partial charge >= 0.3 is 0 Å². The predicted molar refractivity (Wildman–Crippen MR) is 106 cm³/mol. The molecule has 0 saturated heterocycles. The van der Waals surface area contributed by atoms with Crippen molar-refractivity contribution in [2.24, 2.45) is 0 Å². The Morgan fingerprint density at radius 2 is 1.93 bits per heavy atom. The third-order valence-electron chi connectivity index (χ3n) is 4.09. The smallest absolute Gasteiger partial charge is 0.295 e. The molecule has 0 fully saturated rings. The second-order valence-electron chi connectivity index (χ2n) is 6.32. The highest BCUT2D eigenvalue weighted by atomic mass is 35.5. The summed E-state index contributed by atoms with van der Waals surface area (Å²) in [5.41, 5.74) is 1.01. The van der Waals surface area contributed by atoms with Crippen molar-refractivity contribution in [1.82, 2.24) is 24.5 Å². The summed E-state index contributed by atoms with van der Waals surface area (Å²) >= 11 is 5.85. The molecule has 0 unspecified atom stereocenters. The second kappa shape index (κ2) is 7.80. The van der Waals surface area contributed by atoms with Crippen LogP contribution in [0.1, 0.15) is 32.5 Å². The monoisotopic (exact) mass is 422 g/mol. The highest BCUT2D eigenvalue weighted by Crippen LogP contribution is 2.16. The fourth-order valence-corrected chi connectivity index (χ4v) is 3.57. The first-order valence-corrected chi connectivity index (χ1v) is 10.6. The highest BCUT2D eigenvalue weighted by molar-refractivity contribution is 7.91. The standard InChI is InChI=1S/C17H19ClN6O3S/c1-4-28(26,27)12-6-5-11(19-8-12)7-20-14-16(25)24(10(2)3)15-13(22-14)9-21-17(18)23-15/h5-6,8-10H,4,7H2,1-3H3,(H,20,22). The van der Waals surface area contributed by atoms with Crippen molar-refractivity contribution in [3.05, 3.63) is 45.9 Å². The van der Waals surface area contributed by atoms with Crippen molar-refractivity contribution in [2.75, 3.05) is 11.1 Å². The lowest BCUT2D eigenvalue weighted by molar-refractivity contribution is 0.593. The average Bonchev–Trinajstić information content (AvgIpc) is 2.66. The number of pyridine rings is 1.